The van der Waals surface area contributed by atoms with Crippen LogP contribution in [0.15, 0.2) is 24.3 Å². The van der Waals surface area contributed by atoms with Crippen LogP contribution >= 0.6 is 0 Å². The normalized spacial score (nSPS) is 12.4. The summed E-state index contributed by atoms with van der Waals surface area (Å²) in [6.07, 6.45) is 2.34. The molecule has 0 fully saturated rings. The zero-order chi connectivity index (χ0) is 12.5. The van der Waals surface area contributed by atoms with E-state index in [0.29, 0.717) is 5.92 Å². The summed E-state index contributed by atoms with van der Waals surface area (Å²) in [5.41, 5.74) is 1.31. The van der Waals surface area contributed by atoms with Gasteiger partial charge in [-0.2, -0.15) is 0 Å². The molecule has 0 aliphatic carbocycles. The van der Waals surface area contributed by atoms with Crippen LogP contribution in [0.5, 0.6) is 5.75 Å². The van der Waals surface area contributed by atoms with Crippen molar-refractivity contribution < 1.29 is 4.74 Å². The first-order valence-corrected chi connectivity index (χ1v) is 6.68. The molecule has 2 heteroatoms. The molecule has 1 N–H and O–H groups in total. The van der Waals surface area contributed by atoms with Gasteiger partial charge in [-0.15, -0.1) is 0 Å². The predicted octanol–water partition coefficient (Wildman–Crippen LogP) is 3.61. The predicted molar refractivity (Wildman–Crippen MR) is 73.4 cm³/mol. The highest BCUT2D eigenvalue weighted by atomic mass is 16.5. The molecule has 0 saturated carbocycles. The van der Waals surface area contributed by atoms with Gasteiger partial charge >= 0.3 is 0 Å². The third kappa shape index (κ3) is 5.73. The van der Waals surface area contributed by atoms with Crippen molar-refractivity contribution in [3.63, 3.8) is 0 Å². The topological polar surface area (TPSA) is 21.3 Å². The third-order valence-corrected chi connectivity index (χ3v) is 2.91. The van der Waals surface area contributed by atoms with Crippen LogP contribution in [0.4, 0.5) is 0 Å². The lowest BCUT2D eigenvalue weighted by atomic mass is 10.1. The molecule has 0 aliphatic heterocycles. The van der Waals surface area contributed by atoms with Crippen molar-refractivity contribution in [1.82, 2.24) is 5.32 Å². The molecule has 0 aromatic heterocycles. The summed E-state index contributed by atoms with van der Waals surface area (Å²) >= 11 is 0. The summed E-state index contributed by atoms with van der Waals surface area (Å²) in [7, 11) is 0. The molecule has 1 aromatic rings. The summed E-state index contributed by atoms with van der Waals surface area (Å²) < 4.78 is 5.72. The summed E-state index contributed by atoms with van der Waals surface area (Å²) in [6.45, 7) is 9.41. The van der Waals surface area contributed by atoms with E-state index in [0.717, 1.165) is 25.4 Å². The molecule has 1 aromatic carbocycles. The van der Waals surface area contributed by atoms with Crippen LogP contribution in [-0.4, -0.2) is 13.2 Å². The maximum atomic E-state index is 5.72. The van der Waals surface area contributed by atoms with Crippen molar-refractivity contribution >= 4 is 0 Å². The van der Waals surface area contributed by atoms with Crippen LogP contribution in [0.3, 0.4) is 0 Å². The van der Waals surface area contributed by atoms with Gasteiger partial charge in [-0.3, -0.25) is 0 Å². The van der Waals surface area contributed by atoms with Gasteiger partial charge in [0.1, 0.15) is 5.75 Å². The van der Waals surface area contributed by atoms with E-state index in [1.165, 1.54) is 18.4 Å². The molecule has 96 valence electrons. The van der Waals surface area contributed by atoms with Crippen molar-refractivity contribution in [1.29, 1.82) is 0 Å². The van der Waals surface area contributed by atoms with Gasteiger partial charge in [-0.25, -0.2) is 0 Å². The summed E-state index contributed by atoms with van der Waals surface area (Å²) in [6, 6.07) is 8.39. The van der Waals surface area contributed by atoms with Crippen molar-refractivity contribution in [2.24, 2.45) is 5.92 Å². The SMILES string of the molecule is CCCNCc1ccc(OCC(C)CC)cc1. The number of hydrogen-bond acceptors (Lipinski definition) is 2. The van der Waals surface area contributed by atoms with Crippen molar-refractivity contribution in [2.75, 3.05) is 13.2 Å². The Labute approximate surface area is 105 Å². The quantitative estimate of drug-likeness (QED) is 0.695. The molecule has 1 rings (SSSR count). The largest absolute Gasteiger partial charge is 0.493 e. The lowest BCUT2D eigenvalue weighted by Crippen LogP contribution is -2.13. The lowest BCUT2D eigenvalue weighted by Gasteiger charge is -2.11. The van der Waals surface area contributed by atoms with Crippen LogP contribution in [-0.2, 0) is 6.54 Å². The summed E-state index contributed by atoms with van der Waals surface area (Å²) in [4.78, 5) is 0. The zero-order valence-corrected chi connectivity index (χ0v) is 11.3. The van der Waals surface area contributed by atoms with Crippen molar-refractivity contribution in [3.8, 4) is 5.75 Å². The maximum absolute atomic E-state index is 5.72. The number of ether oxygens (including phenoxy) is 1. The van der Waals surface area contributed by atoms with Gasteiger partial charge < -0.3 is 10.1 Å². The molecular weight excluding hydrogens is 210 g/mol. The number of nitrogens with one attached hydrogen (secondary N) is 1. The smallest absolute Gasteiger partial charge is 0.119 e. The van der Waals surface area contributed by atoms with Gasteiger partial charge in [-0.05, 0) is 36.6 Å². The number of rotatable bonds is 8. The first-order chi connectivity index (χ1) is 8.26. The number of hydrogen-bond donors (Lipinski definition) is 1. The standard InChI is InChI=1S/C15H25NO/c1-4-10-16-11-14-6-8-15(9-7-14)17-12-13(3)5-2/h6-9,13,16H,4-5,10-12H2,1-3H3. The molecule has 17 heavy (non-hydrogen) atoms. The first kappa shape index (κ1) is 14.0. The molecule has 0 aliphatic rings. The van der Waals surface area contributed by atoms with Gasteiger partial charge in [0.25, 0.3) is 0 Å². The average molecular weight is 235 g/mol. The van der Waals surface area contributed by atoms with Gasteiger partial charge in [-0.1, -0.05) is 39.3 Å². The molecule has 1 atom stereocenters. The van der Waals surface area contributed by atoms with Crippen LogP contribution in [0.1, 0.15) is 39.2 Å². The fraction of sp³-hybridized carbons (Fsp3) is 0.600. The Kier molecular flexibility index (Phi) is 6.71. The minimum Gasteiger partial charge on any atom is -0.493 e. The van der Waals surface area contributed by atoms with Gasteiger partial charge in [0.05, 0.1) is 6.61 Å². The highest BCUT2D eigenvalue weighted by Crippen LogP contribution is 2.13. The van der Waals surface area contributed by atoms with E-state index < -0.39 is 0 Å². The van der Waals surface area contributed by atoms with Gasteiger partial charge in [0, 0.05) is 6.54 Å². The van der Waals surface area contributed by atoms with E-state index in [1.54, 1.807) is 0 Å². The van der Waals surface area contributed by atoms with E-state index in [1.807, 2.05) is 0 Å². The second-order valence-electron chi connectivity index (χ2n) is 4.65. The molecule has 2 nitrogen and oxygen atoms in total. The second kappa shape index (κ2) is 8.13. The molecule has 0 heterocycles. The lowest BCUT2D eigenvalue weighted by molar-refractivity contribution is 0.256. The number of benzene rings is 1. The molecular formula is C15H25NO. The van der Waals surface area contributed by atoms with E-state index >= 15 is 0 Å². The molecule has 0 spiro atoms. The molecule has 0 bridgehead atoms. The third-order valence-electron chi connectivity index (χ3n) is 2.91. The Morgan fingerprint density at radius 1 is 1.18 bits per heavy atom. The first-order valence-electron chi connectivity index (χ1n) is 6.68. The molecule has 0 amide bonds. The highest BCUT2D eigenvalue weighted by molar-refractivity contribution is 5.27. The second-order valence-corrected chi connectivity index (χ2v) is 4.65. The Morgan fingerprint density at radius 3 is 2.47 bits per heavy atom. The molecule has 0 saturated heterocycles. The fourth-order valence-corrected chi connectivity index (χ4v) is 1.47. The van der Waals surface area contributed by atoms with E-state index in [2.05, 4.69) is 50.4 Å². The minimum atomic E-state index is 0.626. The van der Waals surface area contributed by atoms with E-state index in [-0.39, 0.29) is 0 Å². The van der Waals surface area contributed by atoms with Gasteiger partial charge in [0.2, 0.25) is 0 Å². The fourth-order valence-electron chi connectivity index (χ4n) is 1.47. The van der Waals surface area contributed by atoms with Crippen molar-refractivity contribution in [2.45, 2.75) is 40.2 Å². The van der Waals surface area contributed by atoms with Crippen LogP contribution in [0.25, 0.3) is 0 Å². The molecule has 0 radical (unpaired) electrons. The van der Waals surface area contributed by atoms with E-state index in [9.17, 15) is 0 Å². The zero-order valence-electron chi connectivity index (χ0n) is 11.3. The maximum Gasteiger partial charge on any atom is 0.119 e. The Balaban J connectivity index is 2.34. The van der Waals surface area contributed by atoms with E-state index in [4.69, 9.17) is 4.74 Å². The minimum absolute atomic E-state index is 0.626. The monoisotopic (exact) mass is 235 g/mol. The van der Waals surface area contributed by atoms with Crippen molar-refractivity contribution in [3.05, 3.63) is 29.8 Å². The van der Waals surface area contributed by atoms with Crippen LogP contribution in [0, 0.1) is 5.92 Å². The average Bonchev–Trinajstić information content (AvgIpc) is 2.37. The van der Waals surface area contributed by atoms with Crippen LogP contribution < -0.4 is 10.1 Å². The van der Waals surface area contributed by atoms with Crippen LogP contribution in [0.2, 0.25) is 0 Å². The summed E-state index contributed by atoms with van der Waals surface area (Å²) in [5, 5.41) is 3.39. The Bertz CT molecular complexity index is 294. The Hall–Kier alpha value is -1.02. The Morgan fingerprint density at radius 2 is 1.88 bits per heavy atom. The summed E-state index contributed by atoms with van der Waals surface area (Å²) in [5.74, 6) is 1.60. The molecule has 1 unspecified atom stereocenters. The highest BCUT2D eigenvalue weighted by Gasteiger charge is 2.00. The van der Waals surface area contributed by atoms with Gasteiger partial charge in [0.15, 0.2) is 0 Å².